The fourth-order valence-corrected chi connectivity index (χ4v) is 2.90. The molecule has 0 bridgehead atoms. The monoisotopic (exact) mass is 252 g/mol. The Labute approximate surface area is 106 Å². The minimum absolute atomic E-state index is 0.884. The number of nitrogens with one attached hydrogen (secondary N) is 1. The molecule has 4 heterocycles. The molecular formula is C13H8N4S. The molecule has 0 spiro atoms. The second-order valence-electron chi connectivity index (χ2n) is 3.96. The van der Waals surface area contributed by atoms with Crippen LogP contribution in [0.1, 0.15) is 0 Å². The Bertz CT molecular complexity index is 774. The Balaban J connectivity index is 2.13. The summed E-state index contributed by atoms with van der Waals surface area (Å²) in [4.78, 5) is 17.1. The van der Waals surface area contributed by atoms with Gasteiger partial charge in [-0.1, -0.05) is 0 Å². The van der Waals surface area contributed by atoms with E-state index in [1.807, 2.05) is 23.7 Å². The fourth-order valence-electron chi connectivity index (χ4n) is 2.17. The molecule has 0 aliphatic rings. The zero-order valence-electron chi connectivity index (χ0n) is 9.29. The van der Waals surface area contributed by atoms with Crippen LogP contribution in [0.2, 0.25) is 0 Å². The molecule has 18 heavy (non-hydrogen) atoms. The second-order valence-corrected chi connectivity index (χ2v) is 4.85. The Kier molecular flexibility index (Phi) is 1.95. The van der Waals surface area contributed by atoms with Crippen LogP contribution in [0.3, 0.4) is 0 Å². The first-order valence-corrected chi connectivity index (χ1v) is 6.42. The molecule has 0 aliphatic heterocycles. The van der Waals surface area contributed by atoms with Crippen LogP contribution in [0.5, 0.6) is 0 Å². The zero-order valence-corrected chi connectivity index (χ0v) is 10.1. The Hall–Kier alpha value is -2.27. The van der Waals surface area contributed by atoms with Gasteiger partial charge in [-0.15, -0.1) is 11.3 Å². The van der Waals surface area contributed by atoms with Gasteiger partial charge in [0.25, 0.3) is 0 Å². The maximum absolute atomic E-state index is 4.43. The van der Waals surface area contributed by atoms with E-state index in [4.69, 9.17) is 0 Å². The number of pyridine rings is 1. The van der Waals surface area contributed by atoms with E-state index in [1.165, 1.54) is 0 Å². The lowest BCUT2D eigenvalue weighted by Gasteiger charge is -2.03. The van der Waals surface area contributed by atoms with Crippen LogP contribution in [-0.2, 0) is 0 Å². The van der Waals surface area contributed by atoms with Crippen molar-refractivity contribution in [2.75, 3.05) is 0 Å². The predicted octanol–water partition coefficient (Wildman–Crippen LogP) is 3.23. The summed E-state index contributed by atoms with van der Waals surface area (Å²) in [6.07, 6.45) is 5.31. The van der Waals surface area contributed by atoms with Gasteiger partial charge in [0.1, 0.15) is 16.8 Å². The first kappa shape index (κ1) is 9.73. The number of hydrogen-bond donors (Lipinski definition) is 1. The molecule has 0 atom stereocenters. The zero-order chi connectivity index (χ0) is 11.9. The third kappa shape index (κ3) is 1.28. The standard InChI is InChI=1S/C13H8N4S/c1-4-14-12-9(2-5-15-12)8(1)11-10-3-6-18-13(10)17-7-16-11/h1-7H,(H,14,15). The van der Waals surface area contributed by atoms with Crippen molar-refractivity contribution >= 4 is 32.6 Å². The van der Waals surface area contributed by atoms with Crippen molar-refractivity contribution in [1.82, 2.24) is 19.9 Å². The van der Waals surface area contributed by atoms with E-state index < -0.39 is 0 Å². The van der Waals surface area contributed by atoms with Gasteiger partial charge in [-0.3, -0.25) is 0 Å². The summed E-state index contributed by atoms with van der Waals surface area (Å²) in [5.41, 5.74) is 2.94. The van der Waals surface area contributed by atoms with Crippen LogP contribution in [0.4, 0.5) is 0 Å². The van der Waals surface area contributed by atoms with Crippen LogP contribution in [0, 0.1) is 0 Å². The third-order valence-electron chi connectivity index (χ3n) is 2.98. The summed E-state index contributed by atoms with van der Waals surface area (Å²) in [6.45, 7) is 0. The average molecular weight is 252 g/mol. The Morgan fingerprint density at radius 3 is 3.00 bits per heavy atom. The molecule has 0 saturated carbocycles. The summed E-state index contributed by atoms with van der Waals surface area (Å²) >= 11 is 1.63. The molecule has 0 aliphatic carbocycles. The van der Waals surface area contributed by atoms with Crippen LogP contribution in [0.15, 0.2) is 42.3 Å². The van der Waals surface area contributed by atoms with Crippen molar-refractivity contribution in [3.05, 3.63) is 42.3 Å². The van der Waals surface area contributed by atoms with Gasteiger partial charge in [0.2, 0.25) is 0 Å². The van der Waals surface area contributed by atoms with Crippen LogP contribution in [-0.4, -0.2) is 19.9 Å². The lowest BCUT2D eigenvalue weighted by Crippen LogP contribution is -1.87. The molecule has 0 fully saturated rings. The molecule has 4 nitrogen and oxygen atoms in total. The normalized spacial score (nSPS) is 11.3. The van der Waals surface area contributed by atoms with Gasteiger partial charge in [0, 0.05) is 28.7 Å². The van der Waals surface area contributed by atoms with E-state index in [-0.39, 0.29) is 0 Å². The summed E-state index contributed by atoms with van der Waals surface area (Å²) in [7, 11) is 0. The van der Waals surface area contributed by atoms with Gasteiger partial charge < -0.3 is 4.98 Å². The molecular weight excluding hydrogens is 244 g/mol. The maximum atomic E-state index is 4.43. The number of rotatable bonds is 1. The smallest absolute Gasteiger partial charge is 0.137 e. The highest BCUT2D eigenvalue weighted by Gasteiger charge is 2.11. The molecule has 0 radical (unpaired) electrons. The molecule has 86 valence electrons. The number of thiophene rings is 1. The number of aromatic nitrogens is 4. The minimum atomic E-state index is 0.884. The van der Waals surface area contributed by atoms with E-state index in [0.717, 1.165) is 32.5 Å². The van der Waals surface area contributed by atoms with E-state index in [2.05, 4.69) is 26.0 Å². The molecule has 5 heteroatoms. The average Bonchev–Trinajstić information content (AvgIpc) is 3.06. The molecule has 0 amide bonds. The van der Waals surface area contributed by atoms with Crippen molar-refractivity contribution in [2.24, 2.45) is 0 Å². The molecule has 0 unspecified atom stereocenters. The van der Waals surface area contributed by atoms with E-state index in [1.54, 1.807) is 23.9 Å². The van der Waals surface area contributed by atoms with Gasteiger partial charge >= 0.3 is 0 Å². The fraction of sp³-hybridized carbons (Fsp3) is 0. The van der Waals surface area contributed by atoms with E-state index in [0.29, 0.717) is 0 Å². The van der Waals surface area contributed by atoms with Crippen molar-refractivity contribution in [3.63, 3.8) is 0 Å². The molecule has 1 N–H and O–H groups in total. The SMILES string of the molecule is c1cc(-c2ncnc3sccc23)c2cc[nH]c2n1. The first-order chi connectivity index (χ1) is 8.93. The van der Waals surface area contributed by atoms with Gasteiger partial charge in [-0.2, -0.15) is 0 Å². The van der Waals surface area contributed by atoms with E-state index >= 15 is 0 Å². The van der Waals surface area contributed by atoms with Gasteiger partial charge in [0.15, 0.2) is 0 Å². The molecule has 0 saturated heterocycles. The predicted molar refractivity (Wildman–Crippen MR) is 72.5 cm³/mol. The van der Waals surface area contributed by atoms with Crippen LogP contribution in [0.25, 0.3) is 32.5 Å². The number of hydrogen-bond acceptors (Lipinski definition) is 4. The molecule has 4 aromatic heterocycles. The topological polar surface area (TPSA) is 54.5 Å². The summed E-state index contributed by atoms with van der Waals surface area (Å²) in [5, 5.41) is 4.22. The maximum Gasteiger partial charge on any atom is 0.137 e. The summed E-state index contributed by atoms with van der Waals surface area (Å²) < 4.78 is 0. The number of nitrogens with zero attached hydrogens (tertiary/aromatic N) is 3. The molecule has 4 rings (SSSR count). The summed E-state index contributed by atoms with van der Waals surface area (Å²) in [5.74, 6) is 0. The van der Waals surface area contributed by atoms with Crippen LogP contribution >= 0.6 is 11.3 Å². The highest BCUT2D eigenvalue weighted by molar-refractivity contribution is 7.16. The highest BCUT2D eigenvalue weighted by Crippen LogP contribution is 2.31. The van der Waals surface area contributed by atoms with Crippen molar-refractivity contribution in [1.29, 1.82) is 0 Å². The number of fused-ring (bicyclic) bond motifs is 2. The van der Waals surface area contributed by atoms with Gasteiger partial charge in [-0.25, -0.2) is 15.0 Å². The van der Waals surface area contributed by atoms with E-state index in [9.17, 15) is 0 Å². The highest BCUT2D eigenvalue weighted by atomic mass is 32.1. The lowest BCUT2D eigenvalue weighted by molar-refractivity contribution is 1.24. The lowest BCUT2D eigenvalue weighted by atomic mass is 10.1. The van der Waals surface area contributed by atoms with Crippen LogP contribution < -0.4 is 0 Å². The second kappa shape index (κ2) is 3.61. The van der Waals surface area contributed by atoms with Gasteiger partial charge in [-0.05, 0) is 23.6 Å². The first-order valence-electron chi connectivity index (χ1n) is 5.54. The van der Waals surface area contributed by atoms with Crippen molar-refractivity contribution in [3.8, 4) is 11.3 Å². The third-order valence-corrected chi connectivity index (χ3v) is 3.80. The van der Waals surface area contributed by atoms with Crippen molar-refractivity contribution < 1.29 is 0 Å². The molecule has 0 aromatic carbocycles. The molecule has 4 aromatic rings. The summed E-state index contributed by atoms with van der Waals surface area (Å²) in [6, 6.07) is 6.09. The minimum Gasteiger partial charge on any atom is -0.346 e. The quantitative estimate of drug-likeness (QED) is 0.566. The largest absolute Gasteiger partial charge is 0.346 e. The van der Waals surface area contributed by atoms with Crippen molar-refractivity contribution in [2.45, 2.75) is 0 Å². The van der Waals surface area contributed by atoms with Gasteiger partial charge in [0.05, 0.1) is 5.69 Å². The number of aromatic amines is 1. The number of H-pyrrole nitrogens is 1. The Morgan fingerprint density at radius 2 is 2.00 bits per heavy atom. The Morgan fingerprint density at radius 1 is 1.00 bits per heavy atom.